The molecule has 0 radical (unpaired) electrons. The fraction of sp³-hybridized carbons (Fsp3) is 0.310. The summed E-state index contributed by atoms with van der Waals surface area (Å²) in [7, 11) is -4.09. The molecule has 0 aliphatic heterocycles. The second-order valence-electron chi connectivity index (χ2n) is 9.86. The Kier molecular flexibility index (Phi) is 10.8. The van der Waals surface area contributed by atoms with E-state index in [1.54, 1.807) is 24.3 Å². The molecule has 0 heterocycles. The highest BCUT2D eigenvalue weighted by Crippen LogP contribution is 2.23. The lowest BCUT2D eigenvalue weighted by atomic mass is 10.0. The molecular formula is C29H32BrF2N3O4S. The number of nitrogens with one attached hydrogen (secondary N) is 1. The summed E-state index contributed by atoms with van der Waals surface area (Å²) in [5.41, 5.74) is 1.31. The van der Waals surface area contributed by atoms with Crippen LogP contribution >= 0.6 is 15.9 Å². The maximum atomic E-state index is 14.0. The number of hydrogen-bond donors (Lipinski definition) is 1. The van der Waals surface area contributed by atoms with E-state index in [0.29, 0.717) is 16.4 Å². The Morgan fingerprint density at radius 2 is 1.57 bits per heavy atom. The molecule has 3 aromatic carbocycles. The van der Waals surface area contributed by atoms with Crippen LogP contribution in [-0.4, -0.2) is 50.5 Å². The van der Waals surface area contributed by atoms with Gasteiger partial charge in [0.15, 0.2) is 11.6 Å². The number of benzene rings is 3. The summed E-state index contributed by atoms with van der Waals surface area (Å²) in [5.74, 6) is -3.31. The zero-order valence-corrected chi connectivity index (χ0v) is 24.9. The van der Waals surface area contributed by atoms with Gasteiger partial charge in [-0.15, -0.1) is 0 Å². The Balaban J connectivity index is 2.05. The molecule has 0 unspecified atom stereocenters. The molecular weight excluding hydrogens is 604 g/mol. The van der Waals surface area contributed by atoms with Crippen LogP contribution in [0.2, 0.25) is 0 Å². The predicted octanol–water partition coefficient (Wildman–Crippen LogP) is 4.91. The maximum absolute atomic E-state index is 14.0. The Morgan fingerprint density at radius 1 is 0.925 bits per heavy atom. The van der Waals surface area contributed by atoms with Gasteiger partial charge in [0.2, 0.25) is 21.8 Å². The van der Waals surface area contributed by atoms with Gasteiger partial charge in [0.1, 0.15) is 12.6 Å². The number of rotatable bonds is 12. The first kappa shape index (κ1) is 31.2. The van der Waals surface area contributed by atoms with E-state index in [2.05, 4.69) is 21.2 Å². The first-order valence-corrected chi connectivity index (χ1v) is 15.3. The number of amides is 2. The largest absolute Gasteiger partial charge is 0.354 e. The van der Waals surface area contributed by atoms with Gasteiger partial charge in [0.05, 0.1) is 11.9 Å². The molecule has 2 amide bonds. The normalized spacial score (nSPS) is 12.2. The monoisotopic (exact) mass is 635 g/mol. The second-order valence-corrected chi connectivity index (χ2v) is 12.7. The number of halogens is 3. The number of anilines is 1. The Bertz CT molecular complexity index is 1420. The summed E-state index contributed by atoms with van der Waals surface area (Å²) in [6.07, 6.45) is 1.05. The molecule has 7 nitrogen and oxygen atoms in total. The molecule has 1 atom stereocenters. The summed E-state index contributed by atoms with van der Waals surface area (Å²) in [5, 5.41) is 2.90. The number of nitrogens with zero attached hydrogens (tertiary/aromatic N) is 2. The molecule has 0 bridgehead atoms. The minimum absolute atomic E-state index is 0.00803. The first-order chi connectivity index (χ1) is 18.8. The molecule has 1 N–H and O–H groups in total. The highest BCUT2D eigenvalue weighted by molar-refractivity contribution is 9.10. The summed E-state index contributed by atoms with van der Waals surface area (Å²) in [6.45, 7) is 3.57. The Labute approximate surface area is 242 Å². The minimum Gasteiger partial charge on any atom is -0.354 e. The number of carbonyl (C=O) groups excluding carboxylic acids is 2. The number of hydrogen-bond acceptors (Lipinski definition) is 4. The van der Waals surface area contributed by atoms with Crippen molar-refractivity contribution in [2.24, 2.45) is 5.92 Å². The molecule has 0 saturated heterocycles. The third-order valence-electron chi connectivity index (χ3n) is 6.09. The Hall–Kier alpha value is -3.31. The SMILES string of the molecule is CC(C)CNC(=O)[C@H](Cc1ccccc1)N(Cc1ccc(Br)cc1)C(=O)CN(c1ccc(F)c(F)c1)S(C)(=O)=O. The van der Waals surface area contributed by atoms with E-state index >= 15 is 0 Å². The van der Waals surface area contributed by atoms with Crippen molar-refractivity contribution in [1.82, 2.24) is 10.2 Å². The van der Waals surface area contributed by atoms with Crippen molar-refractivity contribution < 1.29 is 26.8 Å². The van der Waals surface area contributed by atoms with Gasteiger partial charge in [-0.3, -0.25) is 13.9 Å². The van der Waals surface area contributed by atoms with E-state index < -0.39 is 40.2 Å². The van der Waals surface area contributed by atoms with Gasteiger partial charge in [0.25, 0.3) is 0 Å². The van der Waals surface area contributed by atoms with Crippen molar-refractivity contribution in [3.05, 3.63) is 100 Å². The van der Waals surface area contributed by atoms with Gasteiger partial charge in [-0.05, 0) is 41.3 Å². The molecule has 0 spiro atoms. The van der Waals surface area contributed by atoms with E-state index in [9.17, 15) is 26.8 Å². The second kappa shape index (κ2) is 13.8. The lowest BCUT2D eigenvalue weighted by molar-refractivity contribution is -0.140. The highest BCUT2D eigenvalue weighted by Gasteiger charge is 2.33. The molecule has 11 heteroatoms. The smallest absolute Gasteiger partial charge is 0.244 e. The van der Waals surface area contributed by atoms with Crippen molar-refractivity contribution in [1.29, 1.82) is 0 Å². The summed E-state index contributed by atoms with van der Waals surface area (Å²) >= 11 is 3.39. The zero-order chi connectivity index (χ0) is 29.4. The van der Waals surface area contributed by atoms with E-state index in [1.165, 1.54) is 4.90 Å². The van der Waals surface area contributed by atoms with Crippen LogP contribution < -0.4 is 9.62 Å². The van der Waals surface area contributed by atoms with Gasteiger partial charge in [0, 0.05) is 30.0 Å². The average molecular weight is 637 g/mol. The molecule has 0 aromatic heterocycles. The average Bonchev–Trinajstić information content (AvgIpc) is 2.90. The zero-order valence-electron chi connectivity index (χ0n) is 22.5. The minimum atomic E-state index is -4.09. The molecule has 0 saturated carbocycles. The fourth-order valence-electron chi connectivity index (χ4n) is 4.02. The van der Waals surface area contributed by atoms with E-state index in [0.717, 1.165) is 34.5 Å². The maximum Gasteiger partial charge on any atom is 0.244 e. The van der Waals surface area contributed by atoms with E-state index in [1.807, 2.05) is 44.2 Å². The van der Waals surface area contributed by atoms with Crippen LogP contribution in [0.25, 0.3) is 0 Å². The topological polar surface area (TPSA) is 86.8 Å². The van der Waals surface area contributed by atoms with Gasteiger partial charge < -0.3 is 10.2 Å². The summed E-state index contributed by atoms with van der Waals surface area (Å²) in [4.78, 5) is 28.8. The van der Waals surface area contributed by atoms with Gasteiger partial charge in [-0.25, -0.2) is 17.2 Å². The third kappa shape index (κ3) is 8.85. The van der Waals surface area contributed by atoms with Crippen LogP contribution in [0, 0.1) is 17.6 Å². The molecule has 0 aliphatic rings. The molecule has 40 heavy (non-hydrogen) atoms. The van der Waals surface area contributed by atoms with Crippen LogP contribution in [0.15, 0.2) is 77.3 Å². The predicted molar refractivity (Wildman–Crippen MR) is 155 cm³/mol. The van der Waals surface area contributed by atoms with Crippen molar-refractivity contribution in [2.45, 2.75) is 32.9 Å². The quantitative estimate of drug-likeness (QED) is 0.307. The summed E-state index contributed by atoms with van der Waals surface area (Å²) in [6, 6.07) is 18.0. The van der Waals surface area contributed by atoms with Crippen molar-refractivity contribution in [3.63, 3.8) is 0 Å². The Morgan fingerprint density at radius 3 is 2.15 bits per heavy atom. The highest BCUT2D eigenvalue weighted by atomic mass is 79.9. The molecule has 3 rings (SSSR count). The first-order valence-electron chi connectivity index (χ1n) is 12.6. The molecule has 0 fully saturated rings. The van der Waals surface area contributed by atoms with Crippen LogP contribution in [0.3, 0.4) is 0 Å². The third-order valence-corrected chi connectivity index (χ3v) is 7.76. The lowest BCUT2D eigenvalue weighted by Crippen LogP contribution is -2.53. The van der Waals surface area contributed by atoms with Gasteiger partial charge in [-0.2, -0.15) is 0 Å². The van der Waals surface area contributed by atoms with Gasteiger partial charge in [-0.1, -0.05) is 72.2 Å². The van der Waals surface area contributed by atoms with Crippen LogP contribution in [0.4, 0.5) is 14.5 Å². The van der Waals surface area contributed by atoms with E-state index in [4.69, 9.17) is 0 Å². The van der Waals surface area contributed by atoms with Crippen LogP contribution in [0.1, 0.15) is 25.0 Å². The molecule has 3 aromatic rings. The van der Waals surface area contributed by atoms with E-state index in [-0.39, 0.29) is 30.5 Å². The summed E-state index contributed by atoms with van der Waals surface area (Å²) < 4.78 is 54.6. The molecule has 214 valence electrons. The fourth-order valence-corrected chi connectivity index (χ4v) is 5.12. The van der Waals surface area contributed by atoms with Crippen molar-refractivity contribution in [2.75, 3.05) is 23.7 Å². The van der Waals surface area contributed by atoms with Crippen molar-refractivity contribution in [3.8, 4) is 0 Å². The lowest BCUT2D eigenvalue weighted by Gasteiger charge is -2.33. The van der Waals surface area contributed by atoms with Crippen molar-refractivity contribution >= 4 is 43.5 Å². The van der Waals surface area contributed by atoms with Crippen LogP contribution in [0.5, 0.6) is 0 Å². The van der Waals surface area contributed by atoms with Crippen LogP contribution in [-0.2, 0) is 32.6 Å². The number of carbonyl (C=O) groups is 2. The molecule has 0 aliphatic carbocycles. The van der Waals surface area contributed by atoms with Gasteiger partial charge >= 0.3 is 0 Å². The standard InChI is InChI=1S/C29H32BrF2N3O4S/c1-20(2)17-33-29(37)27(15-21-7-5-4-6-8-21)34(18-22-9-11-23(30)12-10-22)28(36)19-35(40(3,38)39)24-13-14-25(31)26(32)16-24/h4-14,16,20,27H,15,17-19H2,1-3H3,(H,33,37)/t27-/m0/s1. The number of sulfonamides is 1.